The molecule has 0 unspecified atom stereocenters. The van der Waals surface area contributed by atoms with Crippen molar-refractivity contribution in [3.05, 3.63) is 47.0 Å². The first kappa shape index (κ1) is 24.9. The summed E-state index contributed by atoms with van der Waals surface area (Å²) in [7, 11) is 1.43. The lowest BCUT2D eigenvalue weighted by molar-refractivity contribution is -0.163. The van der Waals surface area contributed by atoms with Crippen LogP contribution in [0.25, 0.3) is 0 Å². The largest absolute Gasteiger partial charge is 0.468 e. The summed E-state index contributed by atoms with van der Waals surface area (Å²) in [6.07, 6.45) is 2.76. The summed E-state index contributed by atoms with van der Waals surface area (Å²) in [5.41, 5.74) is 3.26. The van der Waals surface area contributed by atoms with Gasteiger partial charge < -0.3 is 18.9 Å². The average molecular weight is 460 g/mol. The van der Waals surface area contributed by atoms with E-state index in [0.717, 1.165) is 17.5 Å². The molecule has 0 aromatic heterocycles. The Bertz CT molecular complexity index is 910. The lowest BCUT2D eigenvalue weighted by Crippen LogP contribution is -2.39. The molecule has 0 fully saturated rings. The number of fused-ring (bicyclic) bond motifs is 1. The van der Waals surface area contributed by atoms with Gasteiger partial charge in [0.05, 0.1) is 7.11 Å². The molecule has 0 spiro atoms. The van der Waals surface area contributed by atoms with E-state index in [-0.39, 0.29) is 24.7 Å². The lowest BCUT2D eigenvalue weighted by atomic mass is 9.99. The maximum atomic E-state index is 12.4. The fourth-order valence-electron chi connectivity index (χ4n) is 4.29. The summed E-state index contributed by atoms with van der Waals surface area (Å²) >= 11 is 0. The van der Waals surface area contributed by atoms with E-state index in [4.69, 9.17) is 18.9 Å². The Kier molecular flexibility index (Phi) is 8.26. The molecule has 1 aromatic carbocycles. The summed E-state index contributed by atoms with van der Waals surface area (Å²) < 4.78 is 21.6. The van der Waals surface area contributed by atoms with Gasteiger partial charge in [0.25, 0.3) is 0 Å². The van der Waals surface area contributed by atoms with Crippen LogP contribution in [0.1, 0.15) is 56.9 Å². The highest BCUT2D eigenvalue weighted by molar-refractivity contribution is 5.75. The smallest absolute Gasteiger partial charge is 0.323 e. The van der Waals surface area contributed by atoms with Gasteiger partial charge >= 0.3 is 17.9 Å². The standard InChI is InChI=1S/C25H33NO7/c1-15(2)10-21(25(29)30-5)26-12-19-7-6-18(11-20(19)13-26)22-8-9-23(32-17(4)28)24(33-22)14-31-16(3)27/h6-9,11,15,21-24H,10,12-14H2,1-5H3/t21-,22-,23-,24+/m0/s1. The van der Waals surface area contributed by atoms with Gasteiger partial charge in [-0.2, -0.15) is 0 Å². The Morgan fingerprint density at radius 2 is 1.82 bits per heavy atom. The van der Waals surface area contributed by atoms with Gasteiger partial charge in [-0.1, -0.05) is 38.1 Å². The highest BCUT2D eigenvalue weighted by Gasteiger charge is 2.34. The molecule has 2 aliphatic heterocycles. The topological polar surface area (TPSA) is 91.4 Å². The first-order valence-electron chi connectivity index (χ1n) is 11.3. The van der Waals surface area contributed by atoms with Crippen LogP contribution in [0, 0.1) is 5.92 Å². The van der Waals surface area contributed by atoms with Crippen molar-refractivity contribution in [1.82, 2.24) is 4.90 Å². The zero-order valence-electron chi connectivity index (χ0n) is 19.9. The molecular formula is C25H33NO7. The van der Waals surface area contributed by atoms with E-state index in [9.17, 15) is 14.4 Å². The Balaban J connectivity index is 1.76. The summed E-state index contributed by atoms with van der Waals surface area (Å²) in [6, 6.07) is 5.87. The molecule has 3 rings (SSSR count). The van der Waals surface area contributed by atoms with Crippen LogP contribution in [0.15, 0.2) is 30.4 Å². The average Bonchev–Trinajstić information content (AvgIpc) is 3.18. The molecular weight excluding hydrogens is 426 g/mol. The lowest BCUT2D eigenvalue weighted by Gasteiger charge is -2.31. The van der Waals surface area contributed by atoms with Crippen LogP contribution in [-0.4, -0.2) is 54.8 Å². The number of esters is 3. The Morgan fingerprint density at radius 1 is 1.09 bits per heavy atom. The van der Waals surface area contributed by atoms with Gasteiger partial charge in [0.2, 0.25) is 0 Å². The fourth-order valence-corrected chi connectivity index (χ4v) is 4.29. The Morgan fingerprint density at radius 3 is 2.45 bits per heavy atom. The van der Waals surface area contributed by atoms with Crippen molar-refractivity contribution in [3.8, 4) is 0 Å². The second-order valence-corrected chi connectivity index (χ2v) is 8.96. The van der Waals surface area contributed by atoms with E-state index >= 15 is 0 Å². The molecule has 2 aliphatic rings. The van der Waals surface area contributed by atoms with Gasteiger partial charge in [-0.3, -0.25) is 19.3 Å². The molecule has 0 saturated heterocycles. The van der Waals surface area contributed by atoms with Crippen LogP contribution in [0.3, 0.4) is 0 Å². The third-order valence-corrected chi connectivity index (χ3v) is 5.83. The van der Waals surface area contributed by atoms with Gasteiger partial charge in [0.1, 0.15) is 31.0 Å². The predicted molar refractivity (Wildman–Crippen MR) is 120 cm³/mol. The van der Waals surface area contributed by atoms with Gasteiger partial charge in [0.15, 0.2) is 0 Å². The van der Waals surface area contributed by atoms with Crippen LogP contribution in [0.4, 0.5) is 0 Å². The monoisotopic (exact) mass is 459 g/mol. The number of hydrogen-bond acceptors (Lipinski definition) is 8. The molecule has 0 amide bonds. The SMILES string of the molecule is COC(=O)[C@H](CC(C)C)N1Cc2ccc([C@@H]3C=C[C@H](OC(C)=O)[C@@H](COC(C)=O)O3)cc2C1. The number of carbonyl (C=O) groups is 3. The van der Waals surface area contributed by atoms with E-state index in [1.807, 2.05) is 12.1 Å². The molecule has 0 N–H and O–H groups in total. The quantitative estimate of drug-likeness (QED) is 0.333. The highest BCUT2D eigenvalue weighted by atomic mass is 16.6. The van der Waals surface area contributed by atoms with Crippen molar-refractivity contribution in [3.63, 3.8) is 0 Å². The van der Waals surface area contributed by atoms with E-state index in [2.05, 4.69) is 30.9 Å². The first-order valence-corrected chi connectivity index (χ1v) is 11.3. The summed E-state index contributed by atoms with van der Waals surface area (Å²) in [4.78, 5) is 37.3. The number of nitrogens with zero attached hydrogens (tertiary/aromatic N) is 1. The second kappa shape index (κ2) is 10.9. The van der Waals surface area contributed by atoms with Crippen molar-refractivity contribution >= 4 is 17.9 Å². The molecule has 0 bridgehead atoms. The second-order valence-electron chi connectivity index (χ2n) is 8.96. The predicted octanol–water partition coefficient (Wildman–Crippen LogP) is 3.08. The van der Waals surface area contributed by atoms with E-state index in [0.29, 0.717) is 19.0 Å². The normalized spacial score (nSPS) is 23.2. The minimum absolute atomic E-state index is 0.0111. The van der Waals surface area contributed by atoms with Crippen LogP contribution < -0.4 is 0 Å². The van der Waals surface area contributed by atoms with Crippen LogP contribution >= 0.6 is 0 Å². The minimum Gasteiger partial charge on any atom is -0.468 e. The van der Waals surface area contributed by atoms with Crippen molar-refractivity contribution in [2.75, 3.05) is 13.7 Å². The number of hydrogen-bond donors (Lipinski definition) is 0. The van der Waals surface area contributed by atoms with Crippen molar-refractivity contribution in [2.24, 2.45) is 5.92 Å². The number of rotatable bonds is 8. The van der Waals surface area contributed by atoms with Crippen LogP contribution in [0.2, 0.25) is 0 Å². The van der Waals surface area contributed by atoms with E-state index in [1.54, 1.807) is 6.08 Å². The molecule has 2 heterocycles. The summed E-state index contributed by atoms with van der Waals surface area (Å²) in [6.45, 7) is 8.17. The zero-order chi connectivity index (χ0) is 24.1. The van der Waals surface area contributed by atoms with Gasteiger partial charge in [0, 0.05) is 26.9 Å². The number of benzene rings is 1. The minimum atomic E-state index is -0.625. The fraction of sp³-hybridized carbons (Fsp3) is 0.560. The molecule has 4 atom stereocenters. The van der Waals surface area contributed by atoms with Crippen LogP contribution in [0.5, 0.6) is 0 Å². The number of methoxy groups -OCH3 is 1. The molecule has 1 aromatic rings. The number of ether oxygens (including phenoxy) is 4. The van der Waals surface area contributed by atoms with Crippen molar-refractivity contribution < 1.29 is 33.3 Å². The molecule has 0 saturated carbocycles. The highest BCUT2D eigenvalue weighted by Crippen LogP contribution is 2.33. The summed E-state index contributed by atoms with van der Waals surface area (Å²) in [5, 5.41) is 0. The summed E-state index contributed by atoms with van der Waals surface area (Å²) in [5.74, 6) is -0.697. The molecule has 0 aliphatic carbocycles. The van der Waals surface area contributed by atoms with E-state index < -0.39 is 24.1 Å². The van der Waals surface area contributed by atoms with Crippen LogP contribution in [-0.2, 0) is 46.4 Å². The van der Waals surface area contributed by atoms with Crippen molar-refractivity contribution in [2.45, 2.75) is 71.6 Å². The van der Waals surface area contributed by atoms with Crippen molar-refractivity contribution in [1.29, 1.82) is 0 Å². The maximum Gasteiger partial charge on any atom is 0.323 e. The third kappa shape index (κ3) is 6.42. The van der Waals surface area contributed by atoms with Gasteiger partial charge in [-0.15, -0.1) is 0 Å². The van der Waals surface area contributed by atoms with E-state index in [1.165, 1.54) is 26.5 Å². The molecule has 33 heavy (non-hydrogen) atoms. The van der Waals surface area contributed by atoms with Gasteiger partial charge in [-0.05, 0) is 35.1 Å². The zero-order valence-corrected chi connectivity index (χ0v) is 19.9. The first-order chi connectivity index (χ1) is 15.7. The molecule has 8 nitrogen and oxygen atoms in total. The molecule has 180 valence electrons. The molecule has 8 heteroatoms. The molecule has 0 radical (unpaired) electrons. The third-order valence-electron chi connectivity index (χ3n) is 5.83. The maximum absolute atomic E-state index is 12.4. The van der Waals surface area contributed by atoms with Gasteiger partial charge in [-0.25, -0.2) is 0 Å². The Hall–Kier alpha value is -2.71. The Labute approximate surface area is 194 Å². The number of carbonyl (C=O) groups excluding carboxylic acids is 3.